The number of pyridine rings is 1. The van der Waals surface area contributed by atoms with Gasteiger partial charge >= 0.3 is 11.9 Å². The Morgan fingerprint density at radius 3 is 1.94 bits per heavy atom. The van der Waals surface area contributed by atoms with E-state index in [9.17, 15) is 53.4 Å². The summed E-state index contributed by atoms with van der Waals surface area (Å²) >= 11 is 0.788. The normalized spacial score (nSPS) is 21.1. The van der Waals surface area contributed by atoms with Crippen LogP contribution in [0.5, 0.6) is 0 Å². The van der Waals surface area contributed by atoms with Crippen LogP contribution in [0.2, 0.25) is 0 Å². The monoisotopic (exact) mass is 936 g/mol. The predicted octanol–water partition coefficient (Wildman–Crippen LogP) is 0.236. The first-order valence-electron chi connectivity index (χ1n) is 21.9. The van der Waals surface area contributed by atoms with Gasteiger partial charge in [-0.15, -0.1) is 11.8 Å². The molecule has 2 heterocycles. The molecule has 1 fully saturated rings. The highest BCUT2D eigenvalue weighted by Gasteiger charge is 2.36. The van der Waals surface area contributed by atoms with Crippen LogP contribution in [0.3, 0.4) is 0 Å². The van der Waals surface area contributed by atoms with E-state index in [-0.39, 0.29) is 25.1 Å². The van der Waals surface area contributed by atoms with Crippen molar-refractivity contribution >= 4 is 92.5 Å². The summed E-state index contributed by atoms with van der Waals surface area (Å²) in [6, 6.07) is 6.55. The standard InChI is InChI=1S/C44H60N10O11S/c1-3-24(2)37-44(65)51-30(17-8-10-18-45)40(61)52-32(21-36(58)59)41(62)53-33(22-66-23-34(55)49-31(20-35(56)57)42(63)54-37)43(64)50-29(39(46)60)16-9-11-19-47-38-25-12-4-6-14-27(25)48-28-15-7-5-13-26(28)38/h4-7,12-15,24,29-33,37H,3,8-11,16-23,45H2,1-2H3,(H2,46,60)(H,47,48)(H,49,55)(H,50,64)(H,51,65)(H,52,61)(H,53,62)(H,54,63)(H,56,57)(H,58,59)/t24-,29-,30-,31-,32-,33-,37-/m0/s1. The lowest BCUT2D eigenvalue weighted by Gasteiger charge is -2.29. The Kier molecular flexibility index (Phi) is 20.4. The number of carboxylic acids is 2. The Morgan fingerprint density at radius 2 is 1.35 bits per heavy atom. The van der Waals surface area contributed by atoms with E-state index in [0.717, 1.165) is 39.3 Å². The third kappa shape index (κ3) is 15.6. The number of hydrogen-bond donors (Lipinski definition) is 11. The number of carboxylic acid groups (broad SMARTS) is 2. The molecule has 7 amide bonds. The number of nitrogens with two attached hydrogens (primary N) is 2. The minimum atomic E-state index is -1.78. The maximum Gasteiger partial charge on any atom is 0.305 e. The van der Waals surface area contributed by atoms with E-state index in [1.54, 1.807) is 13.8 Å². The number of carbonyl (C=O) groups excluding carboxylic acids is 7. The van der Waals surface area contributed by atoms with Crippen molar-refractivity contribution in [2.45, 2.75) is 108 Å². The Morgan fingerprint density at radius 1 is 0.773 bits per heavy atom. The van der Waals surface area contributed by atoms with Crippen LogP contribution in [0, 0.1) is 5.92 Å². The summed E-state index contributed by atoms with van der Waals surface area (Å²) in [6.07, 6.45) is 0.332. The summed E-state index contributed by atoms with van der Waals surface area (Å²) in [4.78, 5) is 123. The lowest BCUT2D eigenvalue weighted by Crippen LogP contribution is -2.61. The van der Waals surface area contributed by atoms with E-state index in [4.69, 9.17) is 16.5 Å². The Labute approximate surface area is 385 Å². The summed E-state index contributed by atoms with van der Waals surface area (Å²) < 4.78 is 0. The zero-order valence-electron chi connectivity index (χ0n) is 36.9. The van der Waals surface area contributed by atoms with Gasteiger partial charge in [0.1, 0.15) is 36.3 Å². The van der Waals surface area contributed by atoms with Gasteiger partial charge in [0.15, 0.2) is 0 Å². The number of anilines is 1. The molecule has 358 valence electrons. The van der Waals surface area contributed by atoms with Crippen LogP contribution in [-0.2, 0) is 43.2 Å². The number of rotatable bonds is 19. The largest absolute Gasteiger partial charge is 0.481 e. The van der Waals surface area contributed by atoms with Crippen LogP contribution >= 0.6 is 11.8 Å². The lowest BCUT2D eigenvalue weighted by atomic mass is 9.96. The van der Waals surface area contributed by atoms with E-state index in [2.05, 4.69) is 37.2 Å². The Balaban J connectivity index is 1.55. The fraction of sp³-hybridized carbons (Fsp3) is 0.500. The number of hydrogen-bond acceptors (Lipinski definition) is 13. The first kappa shape index (κ1) is 52.1. The molecule has 0 bridgehead atoms. The van der Waals surface area contributed by atoms with Gasteiger partial charge in [0.2, 0.25) is 41.4 Å². The molecular formula is C44H60N10O11S. The fourth-order valence-electron chi connectivity index (χ4n) is 7.25. The third-order valence-corrected chi connectivity index (χ3v) is 12.1. The van der Waals surface area contributed by atoms with Gasteiger partial charge in [0, 0.05) is 23.1 Å². The van der Waals surface area contributed by atoms with E-state index in [0.29, 0.717) is 38.6 Å². The molecule has 66 heavy (non-hydrogen) atoms. The van der Waals surface area contributed by atoms with Crippen molar-refractivity contribution in [3.8, 4) is 0 Å². The highest BCUT2D eigenvalue weighted by molar-refractivity contribution is 8.00. The molecule has 22 heteroatoms. The summed E-state index contributed by atoms with van der Waals surface area (Å²) in [5.41, 5.74) is 13.9. The Bertz CT molecular complexity index is 2190. The second-order valence-electron chi connectivity index (χ2n) is 16.1. The third-order valence-electron chi connectivity index (χ3n) is 11.0. The van der Waals surface area contributed by atoms with E-state index >= 15 is 0 Å². The van der Waals surface area contributed by atoms with E-state index in [1.165, 1.54) is 0 Å². The first-order chi connectivity index (χ1) is 31.5. The molecule has 0 radical (unpaired) electrons. The quantitative estimate of drug-likeness (QED) is 0.0567. The lowest BCUT2D eigenvalue weighted by molar-refractivity contribution is -0.142. The van der Waals surface area contributed by atoms with Crippen molar-refractivity contribution < 1.29 is 53.4 Å². The minimum Gasteiger partial charge on any atom is -0.481 e. The minimum absolute atomic E-state index is 0.0150. The van der Waals surface area contributed by atoms with Crippen LogP contribution < -0.4 is 48.7 Å². The van der Waals surface area contributed by atoms with Gasteiger partial charge < -0.3 is 58.9 Å². The van der Waals surface area contributed by atoms with Crippen LogP contribution in [-0.4, -0.2) is 129 Å². The summed E-state index contributed by atoms with van der Waals surface area (Å²) in [5, 5.41) is 39.5. The number of benzene rings is 2. The van der Waals surface area contributed by atoms with Crippen LogP contribution in [0.25, 0.3) is 21.8 Å². The number of thioether (sulfide) groups is 1. The van der Waals surface area contributed by atoms with Crippen molar-refractivity contribution in [3.05, 3.63) is 48.5 Å². The van der Waals surface area contributed by atoms with Crippen molar-refractivity contribution in [1.82, 2.24) is 36.9 Å². The summed E-state index contributed by atoms with van der Waals surface area (Å²) in [5.74, 6) is -10.8. The molecule has 1 aliphatic rings. The molecule has 1 aromatic heterocycles. The second kappa shape index (κ2) is 25.8. The van der Waals surface area contributed by atoms with Gasteiger partial charge in [-0.2, -0.15) is 0 Å². The smallest absolute Gasteiger partial charge is 0.305 e. The number of nitrogens with one attached hydrogen (secondary N) is 7. The van der Waals surface area contributed by atoms with Crippen molar-refractivity contribution in [2.75, 3.05) is 29.9 Å². The molecule has 7 atom stereocenters. The van der Waals surface area contributed by atoms with Gasteiger partial charge in [-0.1, -0.05) is 56.7 Å². The predicted molar refractivity (Wildman–Crippen MR) is 247 cm³/mol. The molecule has 21 nitrogen and oxygen atoms in total. The molecule has 2 aromatic carbocycles. The Hall–Kier alpha value is -6.55. The van der Waals surface area contributed by atoms with Crippen LogP contribution in [0.1, 0.15) is 71.6 Å². The molecule has 4 rings (SSSR count). The van der Waals surface area contributed by atoms with Gasteiger partial charge in [-0.3, -0.25) is 43.2 Å². The van der Waals surface area contributed by atoms with Crippen LogP contribution in [0.15, 0.2) is 48.5 Å². The summed E-state index contributed by atoms with van der Waals surface area (Å²) in [7, 11) is 0. The van der Waals surface area contributed by atoms with Crippen LogP contribution in [0.4, 0.5) is 5.69 Å². The topological polar surface area (TPSA) is 343 Å². The zero-order chi connectivity index (χ0) is 48.3. The highest BCUT2D eigenvalue weighted by atomic mass is 32.2. The molecular weight excluding hydrogens is 877 g/mol. The maximum absolute atomic E-state index is 13.9. The second-order valence-corrected chi connectivity index (χ2v) is 17.1. The molecule has 1 saturated heterocycles. The number of amides is 7. The SMILES string of the molecule is CC[C@H](C)[C@@H]1NC(=O)[C@H](CC(=O)O)NC(=O)CSC[C@@H](C(=O)N[C@@H](CCCCNc2c3ccccc3nc3ccccc23)C(N)=O)NC(=O)[C@H](CC(=O)O)NC(=O)[C@H](CCCCN)NC1=O. The molecule has 0 spiro atoms. The molecule has 1 aliphatic heterocycles. The number of carbonyl (C=O) groups is 9. The number of nitrogens with zero attached hydrogens (tertiary/aromatic N) is 1. The molecule has 3 aromatic rings. The number of para-hydroxylation sites is 2. The molecule has 0 saturated carbocycles. The van der Waals surface area contributed by atoms with Crippen molar-refractivity contribution in [3.63, 3.8) is 0 Å². The molecule has 13 N–H and O–H groups in total. The highest BCUT2D eigenvalue weighted by Crippen LogP contribution is 2.30. The number of aromatic nitrogens is 1. The van der Waals surface area contributed by atoms with E-state index in [1.807, 2.05) is 48.5 Å². The number of aliphatic carboxylic acids is 2. The average molecular weight is 937 g/mol. The van der Waals surface area contributed by atoms with Crippen molar-refractivity contribution in [1.29, 1.82) is 0 Å². The average Bonchev–Trinajstić information content (AvgIpc) is 3.27. The first-order valence-corrected chi connectivity index (χ1v) is 23.0. The van der Waals surface area contributed by atoms with Gasteiger partial charge in [-0.25, -0.2) is 4.98 Å². The maximum atomic E-state index is 13.9. The van der Waals surface area contributed by atoms with Crippen molar-refractivity contribution in [2.24, 2.45) is 17.4 Å². The molecule has 0 unspecified atom stereocenters. The number of unbranched alkanes of at least 4 members (excludes halogenated alkanes) is 2. The number of fused-ring (bicyclic) bond motifs is 2. The zero-order valence-corrected chi connectivity index (χ0v) is 37.7. The summed E-state index contributed by atoms with van der Waals surface area (Å²) in [6.45, 7) is 4.10. The van der Waals surface area contributed by atoms with Gasteiger partial charge in [0.25, 0.3) is 0 Å². The van der Waals surface area contributed by atoms with E-state index < -0.39 is 114 Å². The van der Waals surface area contributed by atoms with Gasteiger partial charge in [-0.05, 0) is 63.1 Å². The number of primary amides is 1. The fourth-order valence-corrected chi connectivity index (χ4v) is 8.11. The van der Waals surface area contributed by atoms with Gasteiger partial charge in [0.05, 0.1) is 35.3 Å². The molecule has 0 aliphatic carbocycles.